The van der Waals surface area contributed by atoms with Gasteiger partial charge in [0, 0.05) is 31.3 Å². The molecule has 1 unspecified atom stereocenters. The van der Waals surface area contributed by atoms with E-state index in [2.05, 4.69) is 10.6 Å². The van der Waals surface area contributed by atoms with Crippen LogP contribution >= 0.6 is 0 Å². The molecule has 1 atom stereocenters. The number of nitrogens with zero attached hydrogens (tertiary/aromatic N) is 1. The van der Waals surface area contributed by atoms with Gasteiger partial charge in [0.25, 0.3) is 11.8 Å². The van der Waals surface area contributed by atoms with Gasteiger partial charge in [0.15, 0.2) is 6.61 Å². The second kappa shape index (κ2) is 8.56. The monoisotopic (exact) mass is 381 g/mol. The van der Waals surface area contributed by atoms with Gasteiger partial charge in [-0.25, -0.2) is 0 Å². The predicted octanol–water partition coefficient (Wildman–Crippen LogP) is 1.44. The summed E-state index contributed by atoms with van der Waals surface area (Å²) in [6, 6.07) is 14.0. The molecule has 3 amide bonds. The van der Waals surface area contributed by atoms with E-state index in [4.69, 9.17) is 4.74 Å². The minimum Gasteiger partial charge on any atom is -0.483 e. The lowest BCUT2D eigenvalue weighted by molar-refractivity contribution is -0.127. The highest BCUT2D eigenvalue weighted by Crippen LogP contribution is 2.30. The number of ether oxygens (including phenoxy) is 1. The van der Waals surface area contributed by atoms with Crippen molar-refractivity contribution < 1.29 is 19.1 Å². The van der Waals surface area contributed by atoms with E-state index < -0.39 is 6.04 Å². The summed E-state index contributed by atoms with van der Waals surface area (Å²) in [5.41, 5.74) is 2.08. The van der Waals surface area contributed by atoms with Gasteiger partial charge >= 0.3 is 0 Å². The Morgan fingerprint density at radius 1 is 1.21 bits per heavy atom. The number of likely N-dealkylation sites (N-methyl/N-ethyl adjacent to an activating group) is 1. The molecule has 1 aliphatic heterocycles. The summed E-state index contributed by atoms with van der Waals surface area (Å²) in [5.74, 6) is -0.00540. The average Bonchev–Trinajstić information content (AvgIpc) is 2.73. The molecule has 0 aliphatic carbocycles. The van der Waals surface area contributed by atoms with Gasteiger partial charge in [-0.05, 0) is 30.7 Å². The number of carbonyl (C=O) groups excluding carboxylic acids is 3. The molecule has 2 aromatic rings. The Hall–Kier alpha value is -3.35. The molecule has 28 heavy (non-hydrogen) atoms. The largest absolute Gasteiger partial charge is 0.483 e. The van der Waals surface area contributed by atoms with Crippen LogP contribution < -0.4 is 15.4 Å². The first-order chi connectivity index (χ1) is 13.5. The van der Waals surface area contributed by atoms with Crippen molar-refractivity contribution >= 4 is 17.7 Å². The topological polar surface area (TPSA) is 87.7 Å². The quantitative estimate of drug-likeness (QED) is 0.820. The molecule has 1 saturated heterocycles. The summed E-state index contributed by atoms with van der Waals surface area (Å²) < 4.78 is 5.63. The van der Waals surface area contributed by atoms with Crippen molar-refractivity contribution in [3.63, 3.8) is 0 Å². The third kappa shape index (κ3) is 4.14. The molecular formula is C21H23N3O4. The SMILES string of the molecule is CNC(=O)COc1ccccc1-c1cccc(C(=O)N2CCNC(=O)C2C)c1. The number of nitrogens with one attached hydrogen (secondary N) is 2. The molecule has 1 aliphatic rings. The van der Waals surface area contributed by atoms with Crippen molar-refractivity contribution in [1.82, 2.24) is 15.5 Å². The molecule has 7 heteroatoms. The van der Waals surface area contributed by atoms with Crippen molar-refractivity contribution in [2.24, 2.45) is 0 Å². The van der Waals surface area contributed by atoms with Gasteiger partial charge in [-0.3, -0.25) is 14.4 Å². The van der Waals surface area contributed by atoms with Gasteiger partial charge in [-0.1, -0.05) is 30.3 Å². The Morgan fingerprint density at radius 3 is 2.79 bits per heavy atom. The molecule has 0 radical (unpaired) electrons. The summed E-state index contributed by atoms with van der Waals surface area (Å²) in [6.07, 6.45) is 0. The molecule has 1 fully saturated rings. The lowest BCUT2D eigenvalue weighted by Gasteiger charge is -2.33. The fourth-order valence-electron chi connectivity index (χ4n) is 3.09. The van der Waals surface area contributed by atoms with E-state index in [0.717, 1.165) is 11.1 Å². The fraction of sp³-hybridized carbons (Fsp3) is 0.286. The molecule has 3 rings (SSSR count). The van der Waals surface area contributed by atoms with Crippen molar-refractivity contribution in [3.8, 4) is 16.9 Å². The highest BCUT2D eigenvalue weighted by atomic mass is 16.5. The van der Waals surface area contributed by atoms with E-state index in [-0.39, 0.29) is 24.3 Å². The van der Waals surface area contributed by atoms with Crippen LogP contribution in [0.1, 0.15) is 17.3 Å². The van der Waals surface area contributed by atoms with Crippen molar-refractivity contribution in [2.45, 2.75) is 13.0 Å². The third-order valence-electron chi connectivity index (χ3n) is 4.70. The Bertz CT molecular complexity index is 897. The molecule has 2 N–H and O–H groups in total. The summed E-state index contributed by atoms with van der Waals surface area (Å²) in [4.78, 5) is 37.9. The lowest BCUT2D eigenvalue weighted by Crippen LogP contribution is -2.55. The summed E-state index contributed by atoms with van der Waals surface area (Å²) in [5, 5.41) is 5.27. The fourth-order valence-corrected chi connectivity index (χ4v) is 3.09. The van der Waals surface area contributed by atoms with E-state index in [0.29, 0.717) is 24.4 Å². The van der Waals surface area contributed by atoms with Crippen LogP contribution in [0.2, 0.25) is 0 Å². The van der Waals surface area contributed by atoms with Gasteiger partial charge in [0.05, 0.1) is 0 Å². The number of hydrogen-bond acceptors (Lipinski definition) is 4. The molecule has 0 aromatic heterocycles. The van der Waals surface area contributed by atoms with Crippen LogP contribution in [0.5, 0.6) is 5.75 Å². The normalized spacial score (nSPS) is 16.3. The Balaban J connectivity index is 1.87. The molecule has 7 nitrogen and oxygen atoms in total. The first-order valence-corrected chi connectivity index (χ1v) is 9.13. The zero-order valence-electron chi connectivity index (χ0n) is 15.9. The van der Waals surface area contributed by atoms with Crippen LogP contribution in [0.4, 0.5) is 0 Å². The van der Waals surface area contributed by atoms with E-state index >= 15 is 0 Å². The van der Waals surface area contributed by atoms with Crippen LogP contribution in [-0.4, -0.2) is 55.4 Å². The minimum atomic E-state index is -0.506. The van der Waals surface area contributed by atoms with Gasteiger partial charge in [-0.15, -0.1) is 0 Å². The standard InChI is InChI=1S/C21H23N3O4/c1-14-20(26)23-10-11-24(14)21(27)16-7-5-6-15(12-16)17-8-3-4-9-18(17)28-13-19(25)22-2/h3-9,12,14H,10-11,13H2,1-2H3,(H,22,25)(H,23,26). The summed E-state index contributed by atoms with van der Waals surface area (Å²) in [6.45, 7) is 2.55. The highest BCUT2D eigenvalue weighted by Gasteiger charge is 2.30. The average molecular weight is 381 g/mol. The van der Waals surface area contributed by atoms with E-state index in [9.17, 15) is 14.4 Å². The highest BCUT2D eigenvalue weighted by molar-refractivity contribution is 5.99. The molecule has 0 spiro atoms. The number of amides is 3. The van der Waals surface area contributed by atoms with E-state index in [1.54, 1.807) is 43.1 Å². The number of piperazine rings is 1. The van der Waals surface area contributed by atoms with Crippen molar-refractivity contribution in [1.29, 1.82) is 0 Å². The maximum absolute atomic E-state index is 12.9. The number of hydrogen-bond donors (Lipinski definition) is 2. The zero-order chi connectivity index (χ0) is 20.1. The van der Waals surface area contributed by atoms with Crippen LogP contribution in [-0.2, 0) is 9.59 Å². The molecule has 146 valence electrons. The molecule has 1 heterocycles. The van der Waals surface area contributed by atoms with Crippen LogP contribution in [0.3, 0.4) is 0 Å². The molecule has 0 saturated carbocycles. The third-order valence-corrected chi connectivity index (χ3v) is 4.70. The molecular weight excluding hydrogens is 358 g/mol. The number of benzene rings is 2. The van der Waals surface area contributed by atoms with Crippen LogP contribution in [0.25, 0.3) is 11.1 Å². The first kappa shape index (κ1) is 19.4. The number of carbonyl (C=O) groups is 3. The second-order valence-corrected chi connectivity index (χ2v) is 6.50. The van der Waals surface area contributed by atoms with Crippen molar-refractivity contribution in [3.05, 3.63) is 54.1 Å². The Morgan fingerprint density at radius 2 is 2.00 bits per heavy atom. The lowest BCUT2D eigenvalue weighted by atomic mass is 10.0. The van der Waals surface area contributed by atoms with Gasteiger partial charge < -0.3 is 20.3 Å². The summed E-state index contributed by atoms with van der Waals surface area (Å²) in [7, 11) is 1.55. The molecule has 0 bridgehead atoms. The maximum atomic E-state index is 12.9. The summed E-state index contributed by atoms with van der Waals surface area (Å²) >= 11 is 0. The predicted molar refractivity (Wildman–Crippen MR) is 105 cm³/mol. The van der Waals surface area contributed by atoms with Crippen LogP contribution in [0.15, 0.2) is 48.5 Å². The van der Waals surface area contributed by atoms with E-state index in [1.165, 1.54) is 0 Å². The van der Waals surface area contributed by atoms with Crippen molar-refractivity contribution in [2.75, 3.05) is 26.7 Å². The smallest absolute Gasteiger partial charge is 0.257 e. The van der Waals surface area contributed by atoms with Gasteiger partial charge in [0.1, 0.15) is 11.8 Å². The minimum absolute atomic E-state index is 0.0907. The first-order valence-electron chi connectivity index (χ1n) is 9.13. The molecule has 2 aromatic carbocycles. The van der Waals surface area contributed by atoms with Gasteiger partial charge in [0.2, 0.25) is 5.91 Å². The van der Waals surface area contributed by atoms with Crippen LogP contribution in [0, 0.1) is 0 Å². The number of para-hydroxylation sites is 1. The van der Waals surface area contributed by atoms with E-state index in [1.807, 2.05) is 24.3 Å². The Labute approximate surface area is 163 Å². The Kier molecular flexibility index (Phi) is 5.93. The maximum Gasteiger partial charge on any atom is 0.257 e. The van der Waals surface area contributed by atoms with Gasteiger partial charge in [-0.2, -0.15) is 0 Å². The number of rotatable bonds is 5. The zero-order valence-corrected chi connectivity index (χ0v) is 15.9. The second-order valence-electron chi connectivity index (χ2n) is 6.50.